The summed E-state index contributed by atoms with van der Waals surface area (Å²) in [4.78, 5) is 37.9. The minimum absolute atomic E-state index is 0.0136. The number of likely N-dealkylation sites (tertiary alicyclic amines) is 1. The second-order valence-electron chi connectivity index (χ2n) is 9.15. The number of ether oxygens (including phenoxy) is 1. The van der Waals surface area contributed by atoms with E-state index in [4.69, 9.17) is 9.84 Å². The van der Waals surface area contributed by atoms with Crippen LogP contribution in [-0.2, 0) is 9.53 Å². The van der Waals surface area contributed by atoms with Gasteiger partial charge in [0.1, 0.15) is 6.61 Å². The predicted octanol–water partition coefficient (Wildman–Crippen LogP) is 4.90. The number of fused-ring (bicyclic) bond motifs is 3. The molecule has 178 valence electrons. The summed E-state index contributed by atoms with van der Waals surface area (Å²) in [5.74, 6) is -1.08. The summed E-state index contributed by atoms with van der Waals surface area (Å²) in [7, 11) is 0. The molecule has 7 nitrogen and oxygen atoms in total. The Balaban J connectivity index is 1.23. The normalized spacial score (nSPS) is 14.6. The number of nitrogens with zero attached hydrogens (tertiary/aromatic N) is 1. The number of amides is 2. The van der Waals surface area contributed by atoms with Gasteiger partial charge >= 0.3 is 12.1 Å². The molecule has 0 radical (unpaired) electrons. The van der Waals surface area contributed by atoms with Crippen LogP contribution in [0.1, 0.15) is 39.4 Å². The standard InChI is InChI=1S/C28H26N2O5/c1-17-10-11-19(27(33)30-14-18(15-30)12-26(31)32)13-25(17)29-28(34)35-16-24-22-8-4-2-6-20(22)21-7-3-5-9-23(21)24/h2-11,13,18,24H,12,14-16H2,1H3,(H,29,34)(H,31,32). The van der Waals surface area contributed by atoms with Crippen molar-refractivity contribution in [1.82, 2.24) is 4.90 Å². The number of benzene rings is 3. The molecule has 3 aromatic rings. The van der Waals surface area contributed by atoms with Gasteiger partial charge in [0.2, 0.25) is 0 Å². The van der Waals surface area contributed by atoms with Crippen LogP contribution in [0.2, 0.25) is 0 Å². The molecule has 1 heterocycles. The van der Waals surface area contributed by atoms with Crippen LogP contribution in [0.4, 0.5) is 10.5 Å². The fourth-order valence-corrected chi connectivity index (χ4v) is 4.93. The van der Waals surface area contributed by atoms with Crippen molar-refractivity contribution in [3.8, 4) is 11.1 Å². The molecule has 5 rings (SSSR count). The van der Waals surface area contributed by atoms with Crippen molar-refractivity contribution in [1.29, 1.82) is 0 Å². The molecule has 1 fully saturated rings. The summed E-state index contributed by atoms with van der Waals surface area (Å²) in [5.41, 5.74) is 6.37. The Bertz CT molecular complexity index is 1270. The Morgan fingerprint density at radius 1 is 0.971 bits per heavy atom. The van der Waals surface area contributed by atoms with Crippen molar-refractivity contribution in [3.63, 3.8) is 0 Å². The van der Waals surface area contributed by atoms with Crippen molar-refractivity contribution < 1.29 is 24.2 Å². The van der Waals surface area contributed by atoms with Crippen molar-refractivity contribution in [2.24, 2.45) is 5.92 Å². The minimum Gasteiger partial charge on any atom is -0.481 e. The van der Waals surface area contributed by atoms with Gasteiger partial charge in [-0.15, -0.1) is 0 Å². The summed E-state index contributed by atoms with van der Waals surface area (Å²) in [6.07, 6.45) is -0.517. The Kier molecular flexibility index (Phi) is 5.99. The second kappa shape index (κ2) is 9.25. The van der Waals surface area contributed by atoms with Gasteiger partial charge in [0.05, 0.1) is 6.42 Å². The van der Waals surface area contributed by atoms with E-state index in [1.54, 1.807) is 23.1 Å². The van der Waals surface area contributed by atoms with Crippen LogP contribution in [-0.4, -0.2) is 47.7 Å². The third kappa shape index (κ3) is 4.49. The van der Waals surface area contributed by atoms with E-state index < -0.39 is 12.1 Å². The zero-order chi connectivity index (χ0) is 24.5. The van der Waals surface area contributed by atoms with Crippen LogP contribution in [0.3, 0.4) is 0 Å². The summed E-state index contributed by atoms with van der Waals surface area (Å²) in [6, 6.07) is 21.4. The van der Waals surface area contributed by atoms with Gasteiger partial charge in [-0.2, -0.15) is 0 Å². The third-order valence-corrected chi connectivity index (χ3v) is 6.77. The first kappa shape index (κ1) is 22.7. The molecule has 2 aliphatic rings. The number of hydrogen-bond acceptors (Lipinski definition) is 4. The number of aliphatic carboxylic acids is 1. The number of rotatable bonds is 6. The molecule has 1 aliphatic heterocycles. The number of anilines is 1. The molecule has 7 heteroatoms. The largest absolute Gasteiger partial charge is 0.481 e. The first-order valence-corrected chi connectivity index (χ1v) is 11.6. The Morgan fingerprint density at radius 2 is 1.60 bits per heavy atom. The van der Waals surface area contributed by atoms with Crippen LogP contribution in [0.25, 0.3) is 11.1 Å². The van der Waals surface area contributed by atoms with Crippen molar-refractivity contribution in [3.05, 3.63) is 89.0 Å². The number of carboxylic acid groups (broad SMARTS) is 1. The molecule has 0 unspecified atom stereocenters. The molecular formula is C28H26N2O5. The zero-order valence-electron chi connectivity index (χ0n) is 19.4. The lowest BCUT2D eigenvalue weighted by Gasteiger charge is -2.38. The van der Waals surface area contributed by atoms with E-state index in [1.807, 2.05) is 31.2 Å². The molecule has 2 N–H and O–H groups in total. The molecule has 0 bridgehead atoms. The molecule has 35 heavy (non-hydrogen) atoms. The van der Waals surface area contributed by atoms with Gasteiger partial charge in [-0.05, 0) is 46.9 Å². The van der Waals surface area contributed by atoms with Gasteiger partial charge in [-0.3, -0.25) is 14.9 Å². The molecule has 0 atom stereocenters. The smallest absolute Gasteiger partial charge is 0.411 e. The highest BCUT2D eigenvalue weighted by Gasteiger charge is 2.33. The van der Waals surface area contributed by atoms with E-state index in [2.05, 4.69) is 29.6 Å². The Morgan fingerprint density at radius 3 is 2.23 bits per heavy atom. The Hall–Kier alpha value is -4.13. The maximum atomic E-state index is 12.8. The maximum absolute atomic E-state index is 12.8. The summed E-state index contributed by atoms with van der Waals surface area (Å²) in [6.45, 7) is 2.90. The fraction of sp³-hybridized carbons (Fsp3) is 0.250. The van der Waals surface area contributed by atoms with Gasteiger partial charge in [-0.25, -0.2) is 4.79 Å². The fourth-order valence-electron chi connectivity index (χ4n) is 4.93. The summed E-state index contributed by atoms with van der Waals surface area (Å²) in [5, 5.41) is 11.7. The van der Waals surface area contributed by atoms with E-state index in [0.29, 0.717) is 24.3 Å². The molecule has 0 aromatic heterocycles. The number of carbonyl (C=O) groups is 3. The summed E-state index contributed by atoms with van der Waals surface area (Å²) >= 11 is 0. The van der Waals surface area contributed by atoms with E-state index >= 15 is 0 Å². The molecule has 1 aliphatic carbocycles. The zero-order valence-corrected chi connectivity index (χ0v) is 19.4. The highest BCUT2D eigenvalue weighted by Crippen LogP contribution is 2.44. The first-order chi connectivity index (χ1) is 16.9. The highest BCUT2D eigenvalue weighted by atomic mass is 16.5. The number of carbonyl (C=O) groups excluding carboxylic acids is 2. The SMILES string of the molecule is Cc1ccc(C(=O)N2CC(CC(=O)O)C2)cc1NC(=O)OCC1c2ccccc2-c2ccccc21. The number of nitrogens with one attached hydrogen (secondary N) is 1. The third-order valence-electron chi connectivity index (χ3n) is 6.77. The van der Waals surface area contributed by atoms with E-state index in [1.165, 1.54) is 0 Å². The highest BCUT2D eigenvalue weighted by molar-refractivity contribution is 5.97. The van der Waals surface area contributed by atoms with E-state index in [9.17, 15) is 14.4 Å². The van der Waals surface area contributed by atoms with Crippen LogP contribution in [0, 0.1) is 12.8 Å². The average Bonchev–Trinajstić information content (AvgIpc) is 3.14. The van der Waals surface area contributed by atoms with Crippen LogP contribution < -0.4 is 5.32 Å². The average molecular weight is 471 g/mol. The van der Waals surface area contributed by atoms with Gasteiger partial charge in [0, 0.05) is 36.2 Å². The first-order valence-electron chi connectivity index (χ1n) is 11.6. The minimum atomic E-state index is -0.855. The molecule has 3 aromatic carbocycles. The van der Waals surface area contributed by atoms with Crippen molar-refractivity contribution >= 4 is 23.7 Å². The van der Waals surface area contributed by atoms with Crippen LogP contribution in [0.5, 0.6) is 0 Å². The molecule has 1 saturated heterocycles. The quantitative estimate of drug-likeness (QED) is 0.534. The Labute approximate surface area is 203 Å². The summed E-state index contributed by atoms with van der Waals surface area (Å²) < 4.78 is 5.63. The van der Waals surface area contributed by atoms with Gasteiger partial charge < -0.3 is 14.7 Å². The lowest BCUT2D eigenvalue weighted by molar-refractivity contribution is -0.139. The predicted molar refractivity (Wildman–Crippen MR) is 132 cm³/mol. The molecule has 0 spiro atoms. The monoisotopic (exact) mass is 470 g/mol. The van der Waals surface area contributed by atoms with Gasteiger partial charge in [0.25, 0.3) is 5.91 Å². The lowest BCUT2D eigenvalue weighted by atomic mass is 9.95. The molecular weight excluding hydrogens is 444 g/mol. The topological polar surface area (TPSA) is 95.9 Å². The molecule has 2 amide bonds. The van der Waals surface area contributed by atoms with Crippen LogP contribution in [0.15, 0.2) is 66.7 Å². The van der Waals surface area contributed by atoms with Gasteiger partial charge in [0.15, 0.2) is 0 Å². The van der Waals surface area contributed by atoms with E-state index in [-0.39, 0.29) is 30.8 Å². The van der Waals surface area contributed by atoms with Gasteiger partial charge in [-0.1, -0.05) is 54.6 Å². The van der Waals surface area contributed by atoms with Crippen molar-refractivity contribution in [2.45, 2.75) is 19.3 Å². The number of hydrogen-bond donors (Lipinski definition) is 2. The molecule has 0 saturated carbocycles. The lowest BCUT2D eigenvalue weighted by Crippen LogP contribution is -2.50. The second-order valence-corrected chi connectivity index (χ2v) is 9.15. The van der Waals surface area contributed by atoms with E-state index in [0.717, 1.165) is 27.8 Å². The number of aryl methyl sites for hydroxylation is 1. The van der Waals surface area contributed by atoms with Crippen LogP contribution >= 0.6 is 0 Å². The van der Waals surface area contributed by atoms with Crippen molar-refractivity contribution in [2.75, 3.05) is 25.0 Å². The maximum Gasteiger partial charge on any atom is 0.411 e. The number of carboxylic acids is 1.